The van der Waals surface area contributed by atoms with E-state index in [1.54, 1.807) is 7.11 Å². The number of nitrogens with one attached hydrogen (secondary N) is 1. The average molecular weight is 303 g/mol. The van der Waals surface area contributed by atoms with E-state index >= 15 is 0 Å². The van der Waals surface area contributed by atoms with Crippen molar-refractivity contribution in [2.24, 2.45) is 5.92 Å². The lowest BCUT2D eigenvalue weighted by atomic mass is 9.90. The van der Waals surface area contributed by atoms with Crippen molar-refractivity contribution in [3.05, 3.63) is 29.8 Å². The van der Waals surface area contributed by atoms with Crippen molar-refractivity contribution in [1.82, 2.24) is 5.32 Å². The molecule has 2 unspecified atom stereocenters. The first-order valence-corrected chi connectivity index (χ1v) is 7.03. The van der Waals surface area contributed by atoms with Crippen LogP contribution in [0.1, 0.15) is 24.4 Å². The molecule has 1 fully saturated rings. The van der Waals surface area contributed by atoms with Gasteiger partial charge < -0.3 is 14.8 Å². The van der Waals surface area contributed by atoms with Crippen molar-refractivity contribution >= 4 is 0 Å². The minimum atomic E-state index is -4.12. The van der Waals surface area contributed by atoms with Crippen LogP contribution in [0.3, 0.4) is 0 Å². The van der Waals surface area contributed by atoms with Gasteiger partial charge in [0.05, 0.1) is 12.5 Å². The highest BCUT2D eigenvalue weighted by molar-refractivity contribution is 5.36. The quantitative estimate of drug-likeness (QED) is 0.847. The van der Waals surface area contributed by atoms with Gasteiger partial charge in [-0.15, -0.1) is 0 Å². The number of halogens is 3. The highest BCUT2D eigenvalue weighted by atomic mass is 19.4. The lowest BCUT2D eigenvalue weighted by molar-refractivity contribution is -0.179. The van der Waals surface area contributed by atoms with Crippen molar-refractivity contribution in [3.63, 3.8) is 0 Å². The van der Waals surface area contributed by atoms with Gasteiger partial charge in [0.1, 0.15) is 12.4 Å². The number of alkyl halides is 3. The molecule has 1 heterocycles. The predicted molar refractivity (Wildman–Crippen MR) is 73.3 cm³/mol. The molecule has 21 heavy (non-hydrogen) atoms. The first-order valence-electron chi connectivity index (χ1n) is 7.03. The molecule has 6 heteroatoms. The van der Waals surface area contributed by atoms with Crippen LogP contribution >= 0.6 is 0 Å². The summed E-state index contributed by atoms with van der Waals surface area (Å²) < 4.78 is 48.6. The van der Waals surface area contributed by atoms with Crippen LogP contribution in [0.2, 0.25) is 0 Å². The van der Waals surface area contributed by atoms with E-state index in [-0.39, 0.29) is 19.0 Å². The van der Waals surface area contributed by atoms with Crippen molar-refractivity contribution < 1.29 is 22.6 Å². The molecular formula is C15H20F3NO2. The molecule has 0 amide bonds. The predicted octanol–water partition coefficient (Wildman–Crippen LogP) is 3.31. The second-order valence-corrected chi connectivity index (χ2v) is 5.16. The van der Waals surface area contributed by atoms with Gasteiger partial charge in [-0.05, 0) is 18.9 Å². The maximum absolute atomic E-state index is 12.7. The van der Waals surface area contributed by atoms with E-state index in [1.807, 2.05) is 24.3 Å². The van der Waals surface area contributed by atoms with Gasteiger partial charge >= 0.3 is 6.18 Å². The molecule has 0 bridgehead atoms. The molecule has 2 rings (SSSR count). The standard InChI is InChI=1S/C15H20F3NO2/c1-20-8-9-21-14-5-3-2-4-12(14)13-7-6-11(10-19-13)15(16,17)18/h2-5,11,13,19H,6-10H2,1H3. The van der Waals surface area contributed by atoms with Crippen LogP contribution in [0.25, 0.3) is 0 Å². The van der Waals surface area contributed by atoms with E-state index in [1.165, 1.54) is 0 Å². The molecule has 0 aromatic heterocycles. The number of ether oxygens (including phenoxy) is 2. The minimum Gasteiger partial charge on any atom is -0.491 e. The van der Waals surface area contributed by atoms with Gasteiger partial charge in [0.2, 0.25) is 0 Å². The fraction of sp³-hybridized carbons (Fsp3) is 0.600. The lowest BCUT2D eigenvalue weighted by Gasteiger charge is -2.32. The van der Waals surface area contributed by atoms with Crippen molar-refractivity contribution in [2.45, 2.75) is 25.1 Å². The first kappa shape index (κ1) is 16.1. The minimum absolute atomic E-state index is 0.0411. The lowest BCUT2D eigenvalue weighted by Crippen LogP contribution is -2.40. The van der Waals surface area contributed by atoms with Gasteiger partial charge in [-0.1, -0.05) is 18.2 Å². The zero-order valence-corrected chi connectivity index (χ0v) is 12.0. The highest BCUT2D eigenvalue weighted by Crippen LogP contribution is 2.37. The number of hydrogen-bond donors (Lipinski definition) is 1. The summed E-state index contributed by atoms with van der Waals surface area (Å²) >= 11 is 0. The van der Waals surface area contributed by atoms with E-state index in [0.717, 1.165) is 5.56 Å². The van der Waals surface area contributed by atoms with Crippen LogP contribution in [0, 0.1) is 5.92 Å². The second kappa shape index (κ2) is 7.13. The number of rotatable bonds is 5. The van der Waals surface area contributed by atoms with Gasteiger partial charge in [0, 0.05) is 25.3 Å². The fourth-order valence-electron chi connectivity index (χ4n) is 2.54. The monoisotopic (exact) mass is 303 g/mol. The summed E-state index contributed by atoms with van der Waals surface area (Å²) in [5, 5.41) is 2.99. The summed E-state index contributed by atoms with van der Waals surface area (Å²) in [4.78, 5) is 0. The Labute approximate surface area is 122 Å². The molecule has 0 aliphatic carbocycles. The van der Waals surface area contributed by atoms with Crippen molar-refractivity contribution in [3.8, 4) is 5.75 Å². The summed E-state index contributed by atoms with van der Waals surface area (Å²) in [6.07, 6.45) is -3.52. The first-order chi connectivity index (χ1) is 10.0. The molecule has 1 aromatic carbocycles. The van der Waals surface area contributed by atoms with Gasteiger partial charge in [-0.2, -0.15) is 13.2 Å². The van der Waals surface area contributed by atoms with Gasteiger partial charge in [-0.3, -0.25) is 0 Å². The average Bonchev–Trinajstić information content (AvgIpc) is 2.47. The van der Waals surface area contributed by atoms with Gasteiger partial charge in [0.25, 0.3) is 0 Å². The van der Waals surface area contributed by atoms with E-state index in [9.17, 15) is 13.2 Å². The molecule has 2 atom stereocenters. The second-order valence-electron chi connectivity index (χ2n) is 5.16. The zero-order chi connectivity index (χ0) is 15.3. The number of hydrogen-bond acceptors (Lipinski definition) is 3. The van der Waals surface area contributed by atoms with Crippen molar-refractivity contribution in [2.75, 3.05) is 26.9 Å². The van der Waals surface area contributed by atoms with Gasteiger partial charge in [0.15, 0.2) is 0 Å². The smallest absolute Gasteiger partial charge is 0.393 e. The number of benzene rings is 1. The Morgan fingerprint density at radius 2 is 1.95 bits per heavy atom. The molecule has 118 valence electrons. The SMILES string of the molecule is COCCOc1ccccc1C1CCC(C(F)(F)F)CN1. The van der Waals surface area contributed by atoms with Crippen LogP contribution in [0.5, 0.6) is 5.75 Å². The van der Waals surface area contributed by atoms with Crippen molar-refractivity contribution in [1.29, 1.82) is 0 Å². The Morgan fingerprint density at radius 3 is 2.57 bits per heavy atom. The molecule has 1 aromatic rings. The Morgan fingerprint density at radius 1 is 1.19 bits per heavy atom. The molecule has 0 saturated carbocycles. The third kappa shape index (κ3) is 4.35. The normalized spacial score (nSPS) is 23.0. The molecular weight excluding hydrogens is 283 g/mol. The number of piperidine rings is 1. The van der Waals surface area contributed by atoms with Gasteiger partial charge in [-0.25, -0.2) is 0 Å². The number of methoxy groups -OCH3 is 1. The van der Waals surface area contributed by atoms with E-state index in [2.05, 4.69) is 5.32 Å². The summed E-state index contributed by atoms with van der Waals surface area (Å²) in [5.74, 6) is -0.548. The molecule has 1 saturated heterocycles. The largest absolute Gasteiger partial charge is 0.491 e. The molecule has 0 radical (unpaired) electrons. The van der Waals surface area contributed by atoms with E-state index < -0.39 is 12.1 Å². The van der Waals surface area contributed by atoms with E-state index in [4.69, 9.17) is 9.47 Å². The van der Waals surface area contributed by atoms with E-state index in [0.29, 0.717) is 25.4 Å². The molecule has 1 aliphatic rings. The summed E-state index contributed by atoms with van der Waals surface area (Å²) in [6, 6.07) is 7.36. The van der Waals surface area contributed by atoms with Crippen LogP contribution in [-0.4, -0.2) is 33.0 Å². The Hall–Kier alpha value is -1.27. The Kier molecular flexibility index (Phi) is 5.47. The third-order valence-electron chi connectivity index (χ3n) is 3.72. The molecule has 1 N–H and O–H groups in total. The van der Waals surface area contributed by atoms with Crippen LogP contribution in [0.15, 0.2) is 24.3 Å². The number of para-hydroxylation sites is 1. The molecule has 0 spiro atoms. The Balaban J connectivity index is 1.99. The molecule has 1 aliphatic heterocycles. The zero-order valence-electron chi connectivity index (χ0n) is 12.0. The summed E-state index contributed by atoms with van der Waals surface area (Å²) in [6.45, 7) is 0.856. The summed E-state index contributed by atoms with van der Waals surface area (Å²) in [5.41, 5.74) is 0.911. The molecule has 3 nitrogen and oxygen atoms in total. The van der Waals surface area contributed by atoms with Crippen LogP contribution in [0.4, 0.5) is 13.2 Å². The topological polar surface area (TPSA) is 30.5 Å². The maximum Gasteiger partial charge on any atom is 0.393 e. The Bertz CT molecular complexity index is 443. The third-order valence-corrected chi connectivity index (χ3v) is 3.72. The van der Waals surface area contributed by atoms with Crippen LogP contribution < -0.4 is 10.1 Å². The fourth-order valence-corrected chi connectivity index (χ4v) is 2.54. The summed E-state index contributed by atoms with van der Waals surface area (Å²) in [7, 11) is 1.59. The maximum atomic E-state index is 12.7. The van der Waals surface area contributed by atoms with Crippen LogP contribution in [-0.2, 0) is 4.74 Å². The highest BCUT2D eigenvalue weighted by Gasteiger charge is 2.41.